The van der Waals surface area contributed by atoms with E-state index in [1.165, 1.54) is 71.2 Å². The van der Waals surface area contributed by atoms with Crippen molar-refractivity contribution in [3.8, 4) is 0 Å². The lowest BCUT2D eigenvalue weighted by atomic mass is 9.98. The molecule has 2 aromatic carbocycles. The highest BCUT2D eigenvalue weighted by atomic mass is 35.5. The number of anilines is 2. The average Bonchev–Trinajstić information content (AvgIpc) is 2.89. The van der Waals surface area contributed by atoms with E-state index in [0.29, 0.717) is 17.9 Å². The van der Waals surface area contributed by atoms with E-state index in [1.807, 2.05) is 0 Å². The van der Waals surface area contributed by atoms with Gasteiger partial charge in [-0.25, -0.2) is 21.8 Å². The number of sulfonamides is 2. The Labute approximate surface area is 225 Å². The molecule has 200 valence electrons. The number of aromatic nitrogens is 1. The van der Waals surface area contributed by atoms with Gasteiger partial charge in [0.25, 0.3) is 15.9 Å². The number of nitrogens with two attached hydrogens (primary N) is 1. The van der Waals surface area contributed by atoms with Gasteiger partial charge in [0, 0.05) is 35.9 Å². The van der Waals surface area contributed by atoms with Crippen LogP contribution >= 0.6 is 11.6 Å². The molecule has 1 aliphatic rings. The number of hydrogen-bond donors (Lipinski definition) is 3. The van der Waals surface area contributed by atoms with Crippen LogP contribution in [0.5, 0.6) is 0 Å². The summed E-state index contributed by atoms with van der Waals surface area (Å²) in [6.07, 6.45) is 2.05. The zero-order valence-corrected chi connectivity index (χ0v) is 22.3. The number of carbonyl (C=O) groups excluding carboxylic acids is 2. The molecule has 0 spiro atoms. The second-order valence-electron chi connectivity index (χ2n) is 8.52. The van der Waals surface area contributed by atoms with E-state index in [0.717, 1.165) is 0 Å². The summed E-state index contributed by atoms with van der Waals surface area (Å²) < 4.78 is 55.1. The molecule has 3 aromatic rings. The van der Waals surface area contributed by atoms with E-state index < -0.39 is 31.9 Å². The van der Waals surface area contributed by atoms with E-state index in [1.54, 1.807) is 0 Å². The number of piperidine rings is 1. The summed E-state index contributed by atoms with van der Waals surface area (Å²) in [6, 6.07) is 13.9. The Morgan fingerprint density at radius 2 is 1.53 bits per heavy atom. The van der Waals surface area contributed by atoms with Crippen molar-refractivity contribution in [2.24, 2.45) is 11.7 Å². The van der Waals surface area contributed by atoms with Gasteiger partial charge in [-0.1, -0.05) is 11.6 Å². The Hall–Kier alpha value is -3.52. The van der Waals surface area contributed by atoms with Gasteiger partial charge in [0.05, 0.1) is 15.4 Å². The van der Waals surface area contributed by atoms with Gasteiger partial charge < -0.3 is 11.1 Å². The molecule has 0 aliphatic carbocycles. The minimum Gasteiger partial charge on any atom is -0.369 e. The first-order valence-corrected chi connectivity index (χ1v) is 14.7. The lowest BCUT2D eigenvalue weighted by molar-refractivity contribution is -0.122. The third-order valence-corrected chi connectivity index (χ3v) is 9.53. The predicted molar refractivity (Wildman–Crippen MR) is 142 cm³/mol. The molecule has 14 heteroatoms. The van der Waals surface area contributed by atoms with Crippen LogP contribution in [0.3, 0.4) is 0 Å². The molecule has 1 aromatic heterocycles. The molecular formula is C24H24ClN5O6S2. The van der Waals surface area contributed by atoms with Crippen LogP contribution in [-0.2, 0) is 24.8 Å². The number of benzene rings is 2. The molecule has 0 atom stereocenters. The van der Waals surface area contributed by atoms with Gasteiger partial charge in [0.1, 0.15) is 0 Å². The second kappa shape index (κ2) is 11.1. The van der Waals surface area contributed by atoms with Crippen LogP contribution < -0.4 is 15.8 Å². The fraction of sp³-hybridized carbons (Fsp3) is 0.208. The van der Waals surface area contributed by atoms with Gasteiger partial charge in [0.15, 0.2) is 5.82 Å². The van der Waals surface area contributed by atoms with E-state index in [4.69, 9.17) is 17.3 Å². The summed E-state index contributed by atoms with van der Waals surface area (Å²) in [5.41, 5.74) is 5.56. The van der Waals surface area contributed by atoms with Gasteiger partial charge >= 0.3 is 0 Å². The highest BCUT2D eigenvalue weighted by Gasteiger charge is 2.31. The molecule has 38 heavy (non-hydrogen) atoms. The van der Waals surface area contributed by atoms with E-state index in [-0.39, 0.29) is 45.9 Å². The molecule has 11 nitrogen and oxygen atoms in total. The third-order valence-electron chi connectivity index (χ3n) is 6.01. The van der Waals surface area contributed by atoms with Crippen molar-refractivity contribution < 1.29 is 26.4 Å². The van der Waals surface area contributed by atoms with Crippen LogP contribution in [0.25, 0.3) is 0 Å². The van der Waals surface area contributed by atoms with Crippen LogP contribution in [-0.4, -0.2) is 51.0 Å². The molecular weight excluding hydrogens is 554 g/mol. The van der Waals surface area contributed by atoms with Crippen molar-refractivity contribution in [1.82, 2.24) is 9.29 Å². The van der Waals surface area contributed by atoms with Crippen molar-refractivity contribution in [1.29, 1.82) is 0 Å². The Kier molecular flexibility index (Phi) is 8.02. The van der Waals surface area contributed by atoms with E-state index >= 15 is 0 Å². The van der Waals surface area contributed by atoms with Crippen molar-refractivity contribution in [2.75, 3.05) is 23.1 Å². The summed E-state index contributed by atoms with van der Waals surface area (Å²) in [7, 11) is -7.84. The highest BCUT2D eigenvalue weighted by molar-refractivity contribution is 7.92. The number of amides is 2. The number of hydrogen-bond acceptors (Lipinski definition) is 7. The maximum Gasteiger partial charge on any atom is 0.263 e. The lowest BCUT2D eigenvalue weighted by Gasteiger charge is -2.29. The van der Waals surface area contributed by atoms with Crippen LogP contribution in [0.2, 0.25) is 5.02 Å². The van der Waals surface area contributed by atoms with Crippen LogP contribution in [0.1, 0.15) is 23.2 Å². The van der Waals surface area contributed by atoms with Gasteiger partial charge in [-0.2, -0.15) is 4.31 Å². The standard InChI is InChI=1S/C24H24ClN5O6S2/c25-17-3-7-19(8-4-17)37(33,34)29-23-21(2-1-13-27-23)24(32)28-18-5-9-20(10-6-18)38(35,36)30-14-11-16(12-15-30)22(26)31/h1-10,13,16H,11-12,14-15H2,(H2,26,31)(H,27,29)(H,28,32). The molecule has 1 aliphatic heterocycles. The molecule has 0 unspecified atom stereocenters. The maximum atomic E-state index is 13.0. The SMILES string of the molecule is NC(=O)C1CCN(S(=O)(=O)c2ccc(NC(=O)c3cccnc3NS(=O)(=O)c3ccc(Cl)cc3)cc2)CC1. The van der Waals surface area contributed by atoms with Crippen LogP contribution in [0, 0.1) is 5.92 Å². The zero-order valence-electron chi connectivity index (χ0n) is 19.9. The first kappa shape index (κ1) is 27.5. The number of primary amides is 1. The average molecular weight is 578 g/mol. The Morgan fingerprint density at radius 3 is 2.13 bits per heavy atom. The first-order chi connectivity index (χ1) is 18.0. The first-order valence-electron chi connectivity index (χ1n) is 11.4. The number of rotatable bonds is 8. The number of carbonyl (C=O) groups is 2. The van der Waals surface area contributed by atoms with Crippen molar-refractivity contribution in [3.63, 3.8) is 0 Å². The fourth-order valence-corrected chi connectivity index (χ4v) is 6.53. The molecule has 0 radical (unpaired) electrons. The Bertz CT molecular complexity index is 1550. The smallest absolute Gasteiger partial charge is 0.263 e. The van der Waals surface area contributed by atoms with Crippen LogP contribution in [0.15, 0.2) is 76.7 Å². The van der Waals surface area contributed by atoms with Gasteiger partial charge in [0.2, 0.25) is 15.9 Å². The molecule has 2 heterocycles. The molecule has 4 N–H and O–H groups in total. The van der Waals surface area contributed by atoms with Gasteiger partial charge in [-0.05, 0) is 73.5 Å². The Balaban J connectivity index is 1.47. The topological polar surface area (TPSA) is 169 Å². The second-order valence-corrected chi connectivity index (χ2v) is 12.6. The normalized spacial score (nSPS) is 15.1. The highest BCUT2D eigenvalue weighted by Crippen LogP contribution is 2.25. The summed E-state index contributed by atoms with van der Waals surface area (Å²) in [4.78, 5) is 28.3. The molecule has 1 fully saturated rings. The Morgan fingerprint density at radius 1 is 0.921 bits per heavy atom. The molecule has 1 saturated heterocycles. The number of nitrogens with one attached hydrogen (secondary N) is 2. The molecule has 2 amide bonds. The number of halogens is 1. The van der Waals surface area contributed by atoms with Gasteiger partial charge in [-0.3, -0.25) is 14.3 Å². The summed E-state index contributed by atoms with van der Waals surface area (Å²) >= 11 is 5.82. The van der Waals surface area contributed by atoms with Crippen LogP contribution in [0.4, 0.5) is 11.5 Å². The molecule has 0 bridgehead atoms. The third kappa shape index (κ3) is 6.13. The van der Waals surface area contributed by atoms with Crippen molar-refractivity contribution in [3.05, 3.63) is 77.4 Å². The maximum absolute atomic E-state index is 13.0. The van der Waals surface area contributed by atoms with Gasteiger partial charge in [-0.15, -0.1) is 0 Å². The number of nitrogens with zero attached hydrogens (tertiary/aromatic N) is 2. The fourth-order valence-electron chi connectivity index (χ4n) is 3.91. The monoisotopic (exact) mass is 577 g/mol. The van der Waals surface area contributed by atoms with Crippen molar-refractivity contribution in [2.45, 2.75) is 22.6 Å². The van der Waals surface area contributed by atoms with Crippen molar-refractivity contribution >= 4 is 55.0 Å². The number of pyridine rings is 1. The minimum absolute atomic E-state index is 0.0332. The quantitative estimate of drug-likeness (QED) is 0.369. The predicted octanol–water partition coefficient (Wildman–Crippen LogP) is 2.67. The summed E-state index contributed by atoms with van der Waals surface area (Å²) in [5, 5.41) is 2.99. The lowest BCUT2D eigenvalue weighted by Crippen LogP contribution is -2.41. The minimum atomic E-state index is -4.05. The van der Waals surface area contributed by atoms with E-state index in [2.05, 4.69) is 15.0 Å². The molecule has 4 rings (SSSR count). The summed E-state index contributed by atoms with van der Waals surface area (Å²) in [6.45, 7) is 0.369. The largest absolute Gasteiger partial charge is 0.369 e. The van der Waals surface area contributed by atoms with E-state index in [9.17, 15) is 26.4 Å². The summed E-state index contributed by atoms with van der Waals surface area (Å²) in [5.74, 6) is -1.61. The molecule has 0 saturated carbocycles. The zero-order chi connectivity index (χ0) is 27.5.